The highest BCUT2D eigenvalue weighted by molar-refractivity contribution is 6.12. The summed E-state index contributed by atoms with van der Waals surface area (Å²) < 4.78 is 2.28. The number of anilines is 4. The van der Waals surface area contributed by atoms with Gasteiger partial charge >= 0.3 is 0 Å². The monoisotopic (exact) mass is 693 g/mol. The first-order chi connectivity index (χ1) is 26.8. The van der Waals surface area contributed by atoms with Crippen molar-refractivity contribution in [1.29, 1.82) is 0 Å². The van der Waals surface area contributed by atoms with Crippen LogP contribution < -0.4 is 9.80 Å². The summed E-state index contributed by atoms with van der Waals surface area (Å²) in [5.41, 5.74) is 13.2. The quantitative estimate of drug-likeness (QED) is 0.156. The van der Waals surface area contributed by atoms with Gasteiger partial charge in [0.05, 0.1) is 28.1 Å². The first-order valence-electron chi connectivity index (χ1n) is 18.3. The maximum absolute atomic E-state index is 5.18. The topological polar surface area (TPSA) is 37.2 Å². The molecule has 256 valence electrons. The lowest BCUT2D eigenvalue weighted by molar-refractivity contribution is 0.987. The summed E-state index contributed by atoms with van der Waals surface area (Å²) in [4.78, 5) is 14.8. The Kier molecular flexibility index (Phi) is 7.81. The van der Waals surface area contributed by atoms with Crippen LogP contribution in [0.5, 0.6) is 0 Å². The summed E-state index contributed by atoms with van der Waals surface area (Å²) in [5, 5.41) is 2.37. The van der Waals surface area contributed by atoms with Crippen LogP contribution in [-0.2, 0) is 0 Å². The number of aromatic nitrogens is 3. The molecule has 0 amide bonds. The first kappa shape index (κ1) is 31.5. The maximum atomic E-state index is 5.18. The maximum Gasteiger partial charge on any atom is 0.137 e. The fourth-order valence-electron chi connectivity index (χ4n) is 7.93. The van der Waals surface area contributed by atoms with Gasteiger partial charge < -0.3 is 9.80 Å². The Hall–Kier alpha value is -7.24. The van der Waals surface area contributed by atoms with Crippen molar-refractivity contribution >= 4 is 55.7 Å². The summed E-state index contributed by atoms with van der Waals surface area (Å²) in [7, 11) is 0. The Balaban J connectivity index is 1.22. The molecule has 5 heteroatoms. The number of benzene rings is 6. The van der Waals surface area contributed by atoms with Crippen LogP contribution in [-0.4, -0.2) is 21.2 Å². The average Bonchev–Trinajstić information content (AvgIpc) is 3.80. The first-order valence-corrected chi connectivity index (χ1v) is 18.3. The molecule has 6 aromatic carbocycles. The molecule has 0 unspecified atom stereocenters. The highest BCUT2D eigenvalue weighted by atomic mass is 15.4. The molecule has 54 heavy (non-hydrogen) atoms. The average molecular weight is 694 g/mol. The van der Waals surface area contributed by atoms with Gasteiger partial charge in [0.15, 0.2) is 0 Å². The highest BCUT2D eigenvalue weighted by Gasteiger charge is 2.28. The molecule has 0 bridgehead atoms. The zero-order valence-corrected chi connectivity index (χ0v) is 29.5. The molecule has 1 aliphatic heterocycles. The fourth-order valence-corrected chi connectivity index (χ4v) is 7.93. The number of para-hydroxylation sites is 4. The van der Waals surface area contributed by atoms with Crippen molar-refractivity contribution in [3.05, 3.63) is 223 Å². The predicted octanol–water partition coefficient (Wildman–Crippen LogP) is 11.8. The van der Waals surface area contributed by atoms with Crippen molar-refractivity contribution in [2.24, 2.45) is 0 Å². The zero-order chi connectivity index (χ0) is 35.8. The van der Waals surface area contributed by atoms with Gasteiger partial charge in [-0.3, -0.25) is 9.55 Å². The molecule has 0 spiro atoms. The summed E-state index contributed by atoms with van der Waals surface area (Å²) in [6.45, 7) is 0.687. The molecule has 0 fully saturated rings. The van der Waals surface area contributed by atoms with Crippen LogP contribution in [0, 0.1) is 0 Å². The smallest absolute Gasteiger partial charge is 0.137 e. The van der Waals surface area contributed by atoms with E-state index in [1.165, 1.54) is 16.5 Å². The molecule has 0 saturated heterocycles. The number of pyridine rings is 2. The molecule has 9 aromatic rings. The van der Waals surface area contributed by atoms with Crippen LogP contribution in [0.2, 0.25) is 0 Å². The van der Waals surface area contributed by atoms with Gasteiger partial charge in [-0.1, -0.05) is 127 Å². The summed E-state index contributed by atoms with van der Waals surface area (Å²) in [6, 6.07) is 66.5. The van der Waals surface area contributed by atoms with Crippen LogP contribution in [0.3, 0.4) is 0 Å². The summed E-state index contributed by atoms with van der Waals surface area (Å²) in [5.74, 6) is 0.883. The number of hydrogen-bond acceptors (Lipinski definition) is 4. The van der Waals surface area contributed by atoms with E-state index in [2.05, 4.69) is 190 Å². The van der Waals surface area contributed by atoms with Crippen molar-refractivity contribution in [2.75, 3.05) is 16.5 Å². The van der Waals surface area contributed by atoms with Gasteiger partial charge in [-0.25, -0.2) is 4.98 Å². The Morgan fingerprint density at radius 2 is 1.02 bits per heavy atom. The Bertz CT molecular complexity index is 2750. The summed E-state index contributed by atoms with van der Waals surface area (Å²) >= 11 is 0. The van der Waals surface area contributed by atoms with E-state index < -0.39 is 0 Å². The van der Waals surface area contributed by atoms with E-state index in [0.717, 1.165) is 67.4 Å². The standard InChI is InChI=1S/C49H35N5/c1-4-16-35(17-5-1)48(36-18-6-2-7-19-36)49(37-27-28-41-40-22-10-11-23-43(40)54(46(41)32-37)47-26-14-15-30-51-47)42-33-39(29-31-50-42)53-34-52(38-20-8-3-9-21-38)44-24-12-13-25-45(44)53/h1-33H,34H2. The lowest BCUT2D eigenvalue weighted by Crippen LogP contribution is -2.24. The van der Waals surface area contributed by atoms with E-state index in [4.69, 9.17) is 9.97 Å². The van der Waals surface area contributed by atoms with Gasteiger partial charge in [0.25, 0.3) is 0 Å². The normalized spacial score (nSPS) is 12.3. The van der Waals surface area contributed by atoms with Crippen LogP contribution in [0.15, 0.2) is 200 Å². The van der Waals surface area contributed by atoms with Crippen LogP contribution in [0.25, 0.3) is 38.8 Å². The van der Waals surface area contributed by atoms with E-state index in [9.17, 15) is 0 Å². The van der Waals surface area contributed by atoms with Crippen LogP contribution >= 0.6 is 0 Å². The largest absolute Gasteiger partial charge is 0.321 e. The van der Waals surface area contributed by atoms with Gasteiger partial charge in [-0.2, -0.15) is 0 Å². The van der Waals surface area contributed by atoms with Crippen molar-refractivity contribution < 1.29 is 0 Å². The Morgan fingerprint density at radius 1 is 0.407 bits per heavy atom. The summed E-state index contributed by atoms with van der Waals surface area (Å²) in [6.07, 6.45) is 3.81. The second-order valence-corrected chi connectivity index (χ2v) is 13.5. The minimum absolute atomic E-state index is 0.687. The number of fused-ring (bicyclic) bond motifs is 4. The molecule has 10 rings (SSSR count). The van der Waals surface area contributed by atoms with Gasteiger partial charge in [0.2, 0.25) is 0 Å². The van der Waals surface area contributed by atoms with Gasteiger partial charge in [-0.05, 0) is 82.9 Å². The number of rotatable bonds is 7. The Labute approximate surface area is 314 Å². The van der Waals surface area contributed by atoms with E-state index in [1.54, 1.807) is 0 Å². The minimum Gasteiger partial charge on any atom is -0.321 e. The lowest BCUT2D eigenvalue weighted by atomic mass is 9.87. The molecule has 0 N–H and O–H groups in total. The molecule has 0 saturated carbocycles. The molecule has 0 aliphatic carbocycles. The van der Waals surface area contributed by atoms with E-state index >= 15 is 0 Å². The van der Waals surface area contributed by atoms with E-state index in [0.29, 0.717) is 6.67 Å². The molecule has 5 nitrogen and oxygen atoms in total. The van der Waals surface area contributed by atoms with Crippen molar-refractivity contribution in [3.63, 3.8) is 0 Å². The predicted molar refractivity (Wildman–Crippen MR) is 223 cm³/mol. The third kappa shape index (κ3) is 5.42. The molecule has 0 atom stereocenters. The number of hydrogen-bond donors (Lipinski definition) is 0. The second-order valence-electron chi connectivity index (χ2n) is 13.5. The molecule has 4 heterocycles. The lowest BCUT2D eigenvalue weighted by Gasteiger charge is -2.23. The van der Waals surface area contributed by atoms with Crippen LogP contribution in [0.1, 0.15) is 22.4 Å². The third-order valence-corrected chi connectivity index (χ3v) is 10.3. The van der Waals surface area contributed by atoms with Gasteiger partial charge in [-0.15, -0.1) is 0 Å². The molecular formula is C49H35N5. The molecule has 1 aliphatic rings. The van der Waals surface area contributed by atoms with Crippen molar-refractivity contribution in [2.45, 2.75) is 0 Å². The van der Waals surface area contributed by atoms with E-state index in [-0.39, 0.29) is 0 Å². The van der Waals surface area contributed by atoms with Crippen molar-refractivity contribution in [1.82, 2.24) is 14.5 Å². The van der Waals surface area contributed by atoms with E-state index in [1.807, 2.05) is 24.5 Å². The fraction of sp³-hybridized carbons (Fsp3) is 0.0204. The third-order valence-electron chi connectivity index (χ3n) is 10.3. The zero-order valence-electron chi connectivity index (χ0n) is 29.5. The van der Waals surface area contributed by atoms with Gasteiger partial charge in [0.1, 0.15) is 12.5 Å². The molecular weight excluding hydrogens is 659 g/mol. The second kappa shape index (κ2) is 13.4. The Morgan fingerprint density at radius 3 is 1.72 bits per heavy atom. The molecule has 0 radical (unpaired) electrons. The van der Waals surface area contributed by atoms with Gasteiger partial charge in [0, 0.05) is 40.1 Å². The molecule has 3 aromatic heterocycles. The highest BCUT2D eigenvalue weighted by Crippen LogP contribution is 2.45. The van der Waals surface area contributed by atoms with Crippen molar-refractivity contribution in [3.8, 4) is 5.82 Å². The number of nitrogens with zero attached hydrogens (tertiary/aromatic N) is 5. The SMILES string of the molecule is c1ccc(C(=C(c2ccc3c4ccccc4n(-c4ccccn4)c3c2)c2cc(N3CN(c4ccccc4)c4ccccc43)ccn2)c2ccccc2)cc1. The minimum atomic E-state index is 0.687. The van der Waals surface area contributed by atoms with Crippen LogP contribution in [0.4, 0.5) is 22.7 Å².